The van der Waals surface area contributed by atoms with Gasteiger partial charge in [-0.3, -0.25) is 0 Å². The minimum atomic E-state index is 0.283. The molecule has 0 atom stereocenters. The number of benzene rings is 2. The lowest BCUT2D eigenvalue weighted by atomic mass is 10.1. The van der Waals surface area contributed by atoms with Gasteiger partial charge in [0.25, 0.3) is 0 Å². The van der Waals surface area contributed by atoms with E-state index in [9.17, 15) is 0 Å². The van der Waals surface area contributed by atoms with Crippen molar-refractivity contribution < 1.29 is 9.47 Å². The molecule has 3 N–H and O–H groups in total. The van der Waals surface area contributed by atoms with Crippen molar-refractivity contribution in [3.8, 4) is 11.5 Å². The first-order chi connectivity index (χ1) is 10.8. The molecule has 114 valence electrons. The van der Waals surface area contributed by atoms with Crippen molar-refractivity contribution in [1.82, 2.24) is 5.32 Å². The molecule has 0 radical (unpaired) electrons. The molecule has 22 heavy (non-hydrogen) atoms. The van der Waals surface area contributed by atoms with Gasteiger partial charge in [0.1, 0.15) is 0 Å². The lowest BCUT2D eigenvalue weighted by molar-refractivity contribution is 0.174. The van der Waals surface area contributed by atoms with Gasteiger partial charge < -0.3 is 20.5 Å². The summed E-state index contributed by atoms with van der Waals surface area (Å²) in [5, 5.41) is 3.13. The minimum Gasteiger partial charge on any atom is -0.454 e. The van der Waals surface area contributed by atoms with Gasteiger partial charge in [0.2, 0.25) is 6.79 Å². The quantitative estimate of drug-likeness (QED) is 0.655. The largest absolute Gasteiger partial charge is 0.454 e. The molecule has 0 saturated heterocycles. The van der Waals surface area contributed by atoms with E-state index in [-0.39, 0.29) is 6.79 Å². The predicted molar refractivity (Wildman–Crippen MR) is 86.0 cm³/mol. The molecule has 0 aliphatic carbocycles. The van der Waals surface area contributed by atoms with E-state index in [1.165, 1.54) is 5.56 Å². The standard InChI is InChI=1S/C17H19N3O2/c18-17(19-9-8-13-4-2-1-3-5-13)20-11-14-6-7-15-16(10-14)22-12-21-15/h1-7,10H,8-9,11-12H2,(H3,18,19,20). The number of hydrogen-bond acceptors (Lipinski definition) is 3. The average Bonchev–Trinajstić information content (AvgIpc) is 3.01. The van der Waals surface area contributed by atoms with Crippen molar-refractivity contribution >= 4 is 5.96 Å². The van der Waals surface area contributed by atoms with E-state index in [0.717, 1.165) is 30.0 Å². The van der Waals surface area contributed by atoms with Crippen LogP contribution in [0.4, 0.5) is 0 Å². The van der Waals surface area contributed by atoms with Crippen LogP contribution in [0.15, 0.2) is 53.5 Å². The maximum Gasteiger partial charge on any atom is 0.231 e. The molecule has 5 nitrogen and oxygen atoms in total. The molecule has 0 unspecified atom stereocenters. The number of nitrogens with one attached hydrogen (secondary N) is 1. The Hall–Kier alpha value is -2.69. The minimum absolute atomic E-state index is 0.283. The Kier molecular flexibility index (Phi) is 4.44. The molecule has 0 bridgehead atoms. The number of ether oxygens (including phenoxy) is 2. The van der Waals surface area contributed by atoms with Crippen molar-refractivity contribution in [1.29, 1.82) is 0 Å². The van der Waals surface area contributed by atoms with E-state index in [1.807, 2.05) is 36.4 Å². The molecule has 0 amide bonds. The number of guanidine groups is 1. The Morgan fingerprint density at radius 1 is 1.05 bits per heavy atom. The Morgan fingerprint density at radius 3 is 2.73 bits per heavy atom. The fourth-order valence-electron chi connectivity index (χ4n) is 2.25. The van der Waals surface area contributed by atoms with E-state index in [0.29, 0.717) is 12.5 Å². The third-order valence-corrected chi connectivity index (χ3v) is 3.43. The van der Waals surface area contributed by atoms with Gasteiger partial charge >= 0.3 is 0 Å². The molecule has 5 heteroatoms. The Bertz CT molecular complexity index is 656. The summed E-state index contributed by atoms with van der Waals surface area (Å²) >= 11 is 0. The van der Waals surface area contributed by atoms with E-state index >= 15 is 0 Å². The summed E-state index contributed by atoms with van der Waals surface area (Å²) < 4.78 is 10.6. The van der Waals surface area contributed by atoms with Gasteiger partial charge in [-0.25, -0.2) is 4.99 Å². The zero-order valence-corrected chi connectivity index (χ0v) is 12.3. The fraction of sp³-hybridized carbons (Fsp3) is 0.235. The number of aliphatic imine (C=N–C) groups is 1. The normalized spacial score (nSPS) is 13.2. The van der Waals surface area contributed by atoms with Crippen molar-refractivity contribution in [2.45, 2.75) is 13.0 Å². The van der Waals surface area contributed by atoms with Gasteiger partial charge in [-0.05, 0) is 29.7 Å². The lowest BCUT2D eigenvalue weighted by Crippen LogP contribution is -2.33. The van der Waals surface area contributed by atoms with Gasteiger partial charge in [-0.1, -0.05) is 36.4 Å². The first-order valence-electron chi connectivity index (χ1n) is 7.27. The van der Waals surface area contributed by atoms with Crippen LogP contribution in [0.25, 0.3) is 0 Å². The van der Waals surface area contributed by atoms with Crippen molar-refractivity contribution in [2.75, 3.05) is 13.3 Å². The Balaban J connectivity index is 1.48. The zero-order chi connectivity index (χ0) is 15.2. The molecule has 0 spiro atoms. The molecule has 0 fully saturated rings. The van der Waals surface area contributed by atoms with Gasteiger partial charge in [-0.2, -0.15) is 0 Å². The van der Waals surface area contributed by atoms with E-state index in [2.05, 4.69) is 22.4 Å². The summed E-state index contributed by atoms with van der Waals surface area (Å²) in [7, 11) is 0. The summed E-state index contributed by atoms with van der Waals surface area (Å²) in [5.41, 5.74) is 8.20. The summed E-state index contributed by atoms with van der Waals surface area (Å²) in [4.78, 5) is 4.34. The Labute approximate surface area is 129 Å². The van der Waals surface area contributed by atoms with Crippen LogP contribution in [-0.4, -0.2) is 19.3 Å². The van der Waals surface area contributed by atoms with Crippen LogP contribution in [0.5, 0.6) is 11.5 Å². The molecule has 2 aromatic carbocycles. The summed E-state index contributed by atoms with van der Waals surface area (Å²) in [6, 6.07) is 16.1. The molecular formula is C17H19N3O2. The summed E-state index contributed by atoms with van der Waals surface area (Å²) in [5.74, 6) is 2.00. The monoisotopic (exact) mass is 297 g/mol. The second-order valence-corrected chi connectivity index (χ2v) is 5.05. The third kappa shape index (κ3) is 3.69. The van der Waals surface area contributed by atoms with Crippen LogP contribution < -0.4 is 20.5 Å². The number of hydrogen-bond donors (Lipinski definition) is 2. The van der Waals surface area contributed by atoms with Crippen LogP contribution in [-0.2, 0) is 13.0 Å². The number of fused-ring (bicyclic) bond motifs is 1. The molecule has 1 heterocycles. The molecule has 0 saturated carbocycles. The van der Waals surface area contributed by atoms with E-state index in [1.54, 1.807) is 0 Å². The maximum atomic E-state index is 5.88. The molecule has 1 aliphatic heterocycles. The number of nitrogens with two attached hydrogens (primary N) is 1. The fourth-order valence-corrected chi connectivity index (χ4v) is 2.25. The highest BCUT2D eigenvalue weighted by Gasteiger charge is 2.12. The van der Waals surface area contributed by atoms with E-state index in [4.69, 9.17) is 15.2 Å². The molecule has 3 rings (SSSR count). The average molecular weight is 297 g/mol. The summed E-state index contributed by atoms with van der Waals surface area (Å²) in [6.45, 7) is 1.56. The summed E-state index contributed by atoms with van der Waals surface area (Å²) in [6.07, 6.45) is 0.918. The van der Waals surface area contributed by atoms with Crippen LogP contribution in [0, 0.1) is 0 Å². The molecule has 0 aromatic heterocycles. The van der Waals surface area contributed by atoms with Crippen LogP contribution >= 0.6 is 0 Å². The molecular weight excluding hydrogens is 278 g/mol. The van der Waals surface area contributed by atoms with Crippen molar-refractivity contribution in [3.63, 3.8) is 0 Å². The number of rotatable bonds is 5. The van der Waals surface area contributed by atoms with Crippen LogP contribution in [0.2, 0.25) is 0 Å². The smallest absolute Gasteiger partial charge is 0.231 e. The first kappa shape index (κ1) is 14.3. The maximum absolute atomic E-state index is 5.88. The second-order valence-electron chi connectivity index (χ2n) is 5.05. The molecule has 2 aromatic rings. The molecule has 1 aliphatic rings. The van der Waals surface area contributed by atoms with Gasteiger partial charge in [0.05, 0.1) is 6.54 Å². The van der Waals surface area contributed by atoms with Crippen molar-refractivity contribution in [2.24, 2.45) is 10.7 Å². The zero-order valence-electron chi connectivity index (χ0n) is 12.3. The third-order valence-electron chi connectivity index (χ3n) is 3.43. The highest BCUT2D eigenvalue weighted by Crippen LogP contribution is 2.32. The predicted octanol–water partition coefficient (Wildman–Crippen LogP) is 2.06. The SMILES string of the molecule is NC(=NCc1ccc2c(c1)OCO2)NCCc1ccccc1. The van der Waals surface area contributed by atoms with Gasteiger partial charge in [0.15, 0.2) is 17.5 Å². The highest BCUT2D eigenvalue weighted by atomic mass is 16.7. The van der Waals surface area contributed by atoms with Gasteiger partial charge in [-0.15, -0.1) is 0 Å². The van der Waals surface area contributed by atoms with Crippen molar-refractivity contribution in [3.05, 3.63) is 59.7 Å². The number of nitrogens with zero attached hydrogens (tertiary/aromatic N) is 1. The topological polar surface area (TPSA) is 68.9 Å². The van der Waals surface area contributed by atoms with Crippen LogP contribution in [0.3, 0.4) is 0 Å². The first-order valence-corrected chi connectivity index (χ1v) is 7.27. The van der Waals surface area contributed by atoms with Gasteiger partial charge in [0, 0.05) is 6.54 Å². The Morgan fingerprint density at radius 2 is 1.86 bits per heavy atom. The highest BCUT2D eigenvalue weighted by molar-refractivity contribution is 5.77. The van der Waals surface area contributed by atoms with Crippen LogP contribution in [0.1, 0.15) is 11.1 Å². The lowest BCUT2D eigenvalue weighted by Gasteiger charge is -2.06. The second kappa shape index (κ2) is 6.85. The van der Waals surface area contributed by atoms with E-state index < -0.39 is 0 Å².